The van der Waals surface area contributed by atoms with Gasteiger partial charge in [0, 0.05) is 11.5 Å². The van der Waals surface area contributed by atoms with E-state index < -0.39 is 6.09 Å². The molecule has 1 fully saturated rings. The third-order valence-electron chi connectivity index (χ3n) is 1.38. The highest BCUT2D eigenvalue weighted by Gasteiger charge is 2.08. The number of ether oxygens (including phenoxy) is 1. The summed E-state index contributed by atoms with van der Waals surface area (Å²) in [5, 5.41) is 3.91. The maximum atomic E-state index is 10.8. The van der Waals surface area contributed by atoms with Gasteiger partial charge in [-0.1, -0.05) is 0 Å². The molecule has 0 aromatic heterocycles. The van der Waals surface area contributed by atoms with Crippen molar-refractivity contribution < 1.29 is 9.53 Å². The van der Waals surface area contributed by atoms with Gasteiger partial charge in [0.25, 0.3) is 0 Å². The highest BCUT2D eigenvalue weighted by Crippen LogP contribution is 2.13. The van der Waals surface area contributed by atoms with Gasteiger partial charge in [0.1, 0.15) is 0 Å². The third kappa shape index (κ3) is 3.13. The topological polar surface area (TPSA) is 50.7 Å². The zero-order valence-corrected chi connectivity index (χ0v) is 7.82. The normalized spacial score (nSPS) is 19.6. The zero-order valence-electron chi connectivity index (χ0n) is 7.00. The highest BCUT2D eigenvalue weighted by molar-refractivity contribution is 8.00. The average Bonchev–Trinajstić information content (AvgIpc) is 2.53. The second kappa shape index (κ2) is 5.03. The summed E-state index contributed by atoms with van der Waals surface area (Å²) in [6.07, 6.45) is 0.499. The summed E-state index contributed by atoms with van der Waals surface area (Å²) in [5.74, 6) is 2.02. The van der Waals surface area contributed by atoms with Crippen LogP contribution in [0.4, 0.5) is 4.79 Å². The van der Waals surface area contributed by atoms with E-state index in [0.717, 1.165) is 23.6 Å². The maximum Gasteiger partial charge on any atom is 0.427 e. The Bertz CT molecular complexity index is 186. The van der Waals surface area contributed by atoms with Crippen LogP contribution in [0, 0.1) is 0 Å². The number of thioether (sulfide) groups is 1. The molecule has 68 valence electrons. The lowest BCUT2D eigenvalue weighted by atomic mass is 10.3. The molecule has 0 atom stereocenters. The molecule has 1 aliphatic rings. The molecule has 1 rings (SSSR count). The Labute approximate surface area is 75.7 Å². The van der Waals surface area contributed by atoms with E-state index in [1.165, 1.54) is 0 Å². The SMILES string of the molecule is CCOC(=O)NN=C1CCSC1. The van der Waals surface area contributed by atoms with E-state index in [0.29, 0.717) is 6.61 Å². The van der Waals surface area contributed by atoms with E-state index in [1.54, 1.807) is 6.92 Å². The van der Waals surface area contributed by atoms with Crippen molar-refractivity contribution in [1.82, 2.24) is 5.43 Å². The molecule has 12 heavy (non-hydrogen) atoms. The summed E-state index contributed by atoms with van der Waals surface area (Å²) >= 11 is 1.82. The van der Waals surface area contributed by atoms with Crippen LogP contribution in [-0.2, 0) is 4.74 Å². The highest BCUT2D eigenvalue weighted by atomic mass is 32.2. The van der Waals surface area contributed by atoms with Crippen LogP contribution < -0.4 is 5.43 Å². The lowest BCUT2D eigenvalue weighted by Crippen LogP contribution is -2.20. The van der Waals surface area contributed by atoms with E-state index in [9.17, 15) is 4.79 Å². The van der Waals surface area contributed by atoms with Gasteiger partial charge in [0.15, 0.2) is 0 Å². The van der Waals surface area contributed by atoms with Gasteiger partial charge < -0.3 is 4.74 Å². The summed E-state index contributed by atoms with van der Waals surface area (Å²) in [4.78, 5) is 10.8. The quantitative estimate of drug-likeness (QED) is 0.663. The number of hydrogen-bond acceptors (Lipinski definition) is 4. The number of hydrazone groups is 1. The van der Waals surface area contributed by atoms with Gasteiger partial charge in [-0.2, -0.15) is 16.9 Å². The van der Waals surface area contributed by atoms with E-state index in [2.05, 4.69) is 15.3 Å². The molecular weight excluding hydrogens is 176 g/mol. The van der Waals surface area contributed by atoms with Crippen LogP contribution in [0.25, 0.3) is 0 Å². The summed E-state index contributed by atoms with van der Waals surface area (Å²) in [6.45, 7) is 2.14. The first-order chi connectivity index (χ1) is 5.83. The molecule has 5 heteroatoms. The lowest BCUT2D eigenvalue weighted by molar-refractivity contribution is 0.152. The van der Waals surface area contributed by atoms with Crippen LogP contribution in [0.5, 0.6) is 0 Å². The fourth-order valence-electron chi connectivity index (χ4n) is 0.828. The molecule has 0 aromatic carbocycles. The fourth-order valence-corrected chi connectivity index (χ4v) is 1.80. The number of amides is 1. The summed E-state index contributed by atoms with van der Waals surface area (Å²) in [6, 6.07) is 0. The molecule has 0 bridgehead atoms. The molecule has 1 saturated heterocycles. The van der Waals surface area contributed by atoms with Crippen molar-refractivity contribution in [1.29, 1.82) is 0 Å². The fraction of sp³-hybridized carbons (Fsp3) is 0.714. The van der Waals surface area contributed by atoms with E-state index in [-0.39, 0.29) is 0 Å². The molecular formula is C7H12N2O2S. The number of nitrogens with one attached hydrogen (secondary N) is 1. The molecule has 0 aromatic rings. The number of carbonyl (C=O) groups excluding carboxylic acids is 1. The Morgan fingerprint density at radius 3 is 3.25 bits per heavy atom. The van der Waals surface area contributed by atoms with Gasteiger partial charge in [-0.05, 0) is 19.1 Å². The molecule has 1 aliphatic heterocycles. The molecule has 0 spiro atoms. The van der Waals surface area contributed by atoms with Gasteiger partial charge in [-0.3, -0.25) is 0 Å². The summed E-state index contributed by atoms with van der Waals surface area (Å²) in [7, 11) is 0. The smallest absolute Gasteiger partial charge is 0.427 e. The van der Waals surface area contributed by atoms with Crippen LogP contribution in [0.3, 0.4) is 0 Å². The summed E-state index contributed by atoms with van der Waals surface area (Å²) < 4.78 is 4.64. The Hall–Kier alpha value is -0.710. The molecule has 4 nitrogen and oxygen atoms in total. The molecule has 0 unspecified atom stereocenters. The average molecular weight is 188 g/mol. The molecule has 0 radical (unpaired) electrons. The van der Waals surface area contributed by atoms with Crippen LogP contribution in [-0.4, -0.2) is 29.9 Å². The lowest BCUT2D eigenvalue weighted by Gasteiger charge is -1.99. The predicted molar refractivity (Wildman–Crippen MR) is 49.5 cm³/mol. The van der Waals surface area contributed by atoms with Gasteiger partial charge in [-0.25, -0.2) is 10.2 Å². The third-order valence-corrected chi connectivity index (χ3v) is 2.41. The minimum Gasteiger partial charge on any atom is -0.449 e. The maximum absolute atomic E-state index is 10.8. The first-order valence-electron chi connectivity index (χ1n) is 3.89. The second-order valence-corrected chi connectivity index (χ2v) is 3.42. The monoisotopic (exact) mass is 188 g/mol. The van der Waals surface area contributed by atoms with Crippen molar-refractivity contribution in [2.45, 2.75) is 13.3 Å². The van der Waals surface area contributed by atoms with Crippen molar-refractivity contribution in [3.05, 3.63) is 0 Å². The van der Waals surface area contributed by atoms with Gasteiger partial charge in [0.2, 0.25) is 0 Å². The van der Waals surface area contributed by atoms with E-state index >= 15 is 0 Å². The Balaban J connectivity index is 2.22. The number of carbonyl (C=O) groups is 1. The first kappa shape index (κ1) is 9.38. The van der Waals surface area contributed by atoms with Crippen LogP contribution in [0.2, 0.25) is 0 Å². The van der Waals surface area contributed by atoms with E-state index in [1.807, 2.05) is 11.8 Å². The standard InChI is InChI=1S/C7H12N2O2S/c1-2-11-7(10)9-8-6-3-4-12-5-6/h2-5H2,1H3,(H,9,10). The minimum atomic E-state index is -0.470. The minimum absolute atomic E-state index is 0.380. The van der Waals surface area contributed by atoms with Crippen molar-refractivity contribution in [3.8, 4) is 0 Å². The predicted octanol–water partition coefficient (Wildman–Crippen LogP) is 1.23. The van der Waals surface area contributed by atoms with Crippen molar-refractivity contribution in [2.24, 2.45) is 5.10 Å². The molecule has 1 N–H and O–H groups in total. The van der Waals surface area contributed by atoms with Gasteiger partial charge in [-0.15, -0.1) is 0 Å². The number of nitrogens with zero attached hydrogens (tertiary/aromatic N) is 1. The van der Waals surface area contributed by atoms with Gasteiger partial charge >= 0.3 is 6.09 Å². The summed E-state index contributed by atoms with van der Waals surface area (Å²) in [5.41, 5.74) is 3.37. The van der Waals surface area contributed by atoms with Crippen LogP contribution in [0.15, 0.2) is 5.10 Å². The molecule has 0 aliphatic carbocycles. The largest absolute Gasteiger partial charge is 0.449 e. The van der Waals surface area contributed by atoms with Gasteiger partial charge in [0.05, 0.1) is 6.61 Å². The van der Waals surface area contributed by atoms with Crippen molar-refractivity contribution >= 4 is 23.6 Å². The molecule has 1 heterocycles. The Morgan fingerprint density at radius 1 is 1.83 bits per heavy atom. The number of hydrogen-bond donors (Lipinski definition) is 1. The van der Waals surface area contributed by atoms with Crippen molar-refractivity contribution in [2.75, 3.05) is 18.1 Å². The second-order valence-electron chi connectivity index (χ2n) is 2.31. The first-order valence-corrected chi connectivity index (χ1v) is 5.04. The van der Waals surface area contributed by atoms with Crippen LogP contribution >= 0.6 is 11.8 Å². The van der Waals surface area contributed by atoms with Crippen LogP contribution in [0.1, 0.15) is 13.3 Å². The Morgan fingerprint density at radius 2 is 2.67 bits per heavy atom. The molecule has 0 saturated carbocycles. The Kier molecular flexibility index (Phi) is 3.93. The molecule has 1 amide bonds. The van der Waals surface area contributed by atoms with E-state index in [4.69, 9.17) is 0 Å². The number of rotatable bonds is 2. The van der Waals surface area contributed by atoms with Crippen molar-refractivity contribution in [3.63, 3.8) is 0 Å². The zero-order chi connectivity index (χ0) is 8.81.